The zero-order valence-electron chi connectivity index (χ0n) is 10.7. The second kappa shape index (κ2) is 5.15. The lowest BCUT2D eigenvalue weighted by molar-refractivity contribution is 0.169. The van der Waals surface area contributed by atoms with Crippen LogP contribution in [0.4, 0.5) is 4.39 Å². The standard InChI is InChI=1S/C14H21FN2/c1-14(7-9-17(2)10-8-14)16-11-12-3-5-13(15)6-4-12/h3-6,16H,7-11H2,1-2H3. The molecular formula is C14H21FN2. The molecule has 1 fully saturated rings. The molecule has 0 unspecified atom stereocenters. The number of piperidine rings is 1. The molecule has 2 rings (SSSR count). The summed E-state index contributed by atoms with van der Waals surface area (Å²) >= 11 is 0. The molecule has 0 aliphatic carbocycles. The summed E-state index contributed by atoms with van der Waals surface area (Å²) < 4.78 is 12.8. The van der Waals surface area contributed by atoms with Gasteiger partial charge in [-0.2, -0.15) is 0 Å². The molecular weight excluding hydrogens is 215 g/mol. The number of benzene rings is 1. The van der Waals surface area contributed by atoms with Crippen LogP contribution in [0.1, 0.15) is 25.3 Å². The topological polar surface area (TPSA) is 15.3 Å². The molecule has 1 aromatic rings. The van der Waals surface area contributed by atoms with Crippen molar-refractivity contribution in [3.05, 3.63) is 35.6 Å². The Labute approximate surface area is 103 Å². The third-order valence-electron chi connectivity index (χ3n) is 3.72. The van der Waals surface area contributed by atoms with E-state index in [0.717, 1.165) is 25.2 Å². The molecule has 0 saturated carbocycles. The summed E-state index contributed by atoms with van der Waals surface area (Å²) in [4.78, 5) is 2.36. The smallest absolute Gasteiger partial charge is 0.123 e. The van der Waals surface area contributed by atoms with Crippen molar-refractivity contribution < 1.29 is 4.39 Å². The van der Waals surface area contributed by atoms with E-state index in [1.807, 2.05) is 12.1 Å². The second-order valence-corrected chi connectivity index (χ2v) is 5.34. The van der Waals surface area contributed by atoms with E-state index in [1.165, 1.54) is 25.0 Å². The SMILES string of the molecule is CN1CCC(C)(NCc2ccc(F)cc2)CC1. The fourth-order valence-electron chi connectivity index (χ4n) is 2.21. The van der Waals surface area contributed by atoms with Gasteiger partial charge in [-0.1, -0.05) is 12.1 Å². The molecule has 1 saturated heterocycles. The van der Waals surface area contributed by atoms with Crippen LogP contribution in [0.3, 0.4) is 0 Å². The Hall–Kier alpha value is -0.930. The molecule has 17 heavy (non-hydrogen) atoms. The normalized spacial score (nSPS) is 20.4. The highest BCUT2D eigenvalue weighted by atomic mass is 19.1. The van der Waals surface area contributed by atoms with Crippen LogP contribution >= 0.6 is 0 Å². The van der Waals surface area contributed by atoms with Crippen LogP contribution in [0.15, 0.2) is 24.3 Å². The average Bonchev–Trinajstić information content (AvgIpc) is 2.33. The highest BCUT2D eigenvalue weighted by Gasteiger charge is 2.27. The van der Waals surface area contributed by atoms with Gasteiger partial charge in [0.1, 0.15) is 5.82 Å². The molecule has 0 amide bonds. The van der Waals surface area contributed by atoms with Gasteiger partial charge in [0.2, 0.25) is 0 Å². The Morgan fingerprint density at radius 2 is 1.82 bits per heavy atom. The largest absolute Gasteiger partial charge is 0.307 e. The van der Waals surface area contributed by atoms with E-state index in [4.69, 9.17) is 0 Å². The molecule has 94 valence electrons. The predicted molar refractivity (Wildman–Crippen MR) is 68.4 cm³/mol. The summed E-state index contributed by atoms with van der Waals surface area (Å²) in [6.07, 6.45) is 2.34. The summed E-state index contributed by atoms with van der Waals surface area (Å²) in [5.41, 5.74) is 1.37. The van der Waals surface area contributed by atoms with Crippen molar-refractivity contribution in [2.24, 2.45) is 0 Å². The van der Waals surface area contributed by atoms with E-state index >= 15 is 0 Å². The quantitative estimate of drug-likeness (QED) is 0.867. The van der Waals surface area contributed by atoms with Crippen molar-refractivity contribution >= 4 is 0 Å². The van der Waals surface area contributed by atoms with Crippen LogP contribution in [-0.4, -0.2) is 30.6 Å². The summed E-state index contributed by atoms with van der Waals surface area (Å²) in [6.45, 7) is 5.39. The van der Waals surface area contributed by atoms with Gasteiger partial charge in [-0.3, -0.25) is 0 Å². The average molecular weight is 236 g/mol. The third-order valence-corrected chi connectivity index (χ3v) is 3.72. The lowest BCUT2D eigenvalue weighted by Crippen LogP contribution is -2.50. The van der Waals surface area contributed by atoms with Gasteiger partial charge in [-0.05, 0) is 57.6 Å². The number of hydrogen-bond acceptors (Lipinski definition) is 2. The number of rotatable bonds is 3. The van der Waals surface area contributed by atoms with Gasteiger partial charge >= 0.3 is 0 Å². The van der Waals surface area contributed by atoms with Gasteiger partial charge in [0.05, 0.1) is 0 Å². The summed E-state index contributed by atoms with van der Waals surface area (Å²) in [5.74, 6) is -0.167. The summed E-state index contributed by atoms with van der Waals surface area (Å²) in [7, 11) is 2.17. The Balaban J connectivity index is 1.87. The minimum absolute atomic E-state index is 0.167. The molecule has 2 nitrogen and oxygen atoms in total. The molecule has 1 aliphatic rings. The lowest BCUT2D eigenvalue weighted by atomic mass is 9.89. The van der Waals surface area contributed by atoms with E-state index in [9.17, 15) is 4.39 Å². The fraction of sp³-hybridized carbons (Fsp3) is 0.571. The Kier molecular flexibility index (Phi) is 3.79. The van der Waals surface area contributed by atoms with Gasteiger partial charge in [0.25, 0.3) is 0 Å². The number of halogens is 1. The summed E-state index contributed by atoms with van der Waals surface area (Å²) in [5, 5.41) is 3.61. The van der Waals surface area contributed by atoms with Crippen LogP contribution in [0.2, 0.25) is 0 Å². The highest BCUT2D eigenvalue weighted by Crippen LogP contribution is 2.21. The minimum atomic E-state index is -0.167. The van der Waals surface area contributed by atoms with Crippen molar-refractivity contribution in [3.8, 4) is 0 Å². The molecule has 3 heteroatoms. The minimum Gasteiger partial charge on any atom is -0.307 e. The van der Waals surface area contributed by atoms with Crippen molar-refractivity contribution in [1.29, 1.82) is 0 Å². The number of hydrogen-bond donors (Lipinski definition) is 1. The Morgan fingerprint density at radius 3 is 2.41 bits per heavy atom. The maximum atomic E-state index is 12.8. The lowest BCUT2D eigenvalue weighted by Gasteiger charge is -2.38. The van der Waals surface area contributed by atoms with E-state index in [0.29, 0.717) is 0 Å². The van der Waals surface area contributed by atoms with Gasteiger partial charge in [0, 0.05) is 12.1 Å². The molecule has 0 atom stereocenters. The van der Waals surface area contributed by atoms with Crippen LogP contribution < -0.4 is 5.32 Å². The summed E-state index contributed by atoms with van der Waals surface area (Å²) in [6, 6.07) is 6.74. The molecule has 0 aromatic heterocycles. The van der Waals surface area contributed by atoms with Gasteiger partial charge < -0.3 is 10.2 Å². The number of nitrogens with one attached hydrogen (secondary N) is 1. The van der Waals surface area contributed by atoms with Crippen LogP contribution in [0, 0.1) is 5.82 Å². The molecule has 1 heterocycles. The number of likely N-dealkylation sites (tertiary alicyclic amines) is 1. The second-order valence-electron chi connectivity index (χ2n) is 5.34. The zero-order chi connectivity index (χ0) is 12.3. The Morgan fingerprint density at radius 1 is 1.24 bits per heavy atom. The first-order chi connectivity index (χ1) is 8.07. The molecule has 0 bridgehead atoms. The van der Waals surface area contributed by atoms with E-state index in [1.54, 1.807) is 0 Å². The first-order valence-corrected chi connectivity index (χ1v) is 6.25. The first kappa shape index (κ1) is 12.5. The van der Waals surface area contributed by atoms with E-state index < -0.39 is 0 Å². The van der Waals surface area contributed by atoms with Crippen molar-refractivity contribution in [1.82, 2.24) is 10.2 Å². The van der Waals surface area contributed by atoms with Crippen molar-refractivity contribution in [3.63, 3.8) is 0 Å². The monoisotopic (exact) mass is 236 g/mol. The molecule has 0 spiro atoms. The third kappa shape index (κ3) is 3.51. The van der Waals surface area contributed by atoms with Gasteiger partial charge in [0.15, 0.2) is 0 Å². The van der Waals surface area contributed by atoms with E-state index in [2.05, 4.69) is 24.2 Å². The molecule has 1 N–H and O–H groups in total. The van der Waals surface area contributed by atoms with Crippen molar-refractivity contribution in [2.75, 3.05) is 20.1 Å². The van der Waals surface area contributed by atoms with Crippen LogP contribution in [0.25, 0.3) is 0 Å². The first-order valence-electron chi connectivity index (χ1n) is 6.25. The maximum Gasteiger partial charge on any atom is 0.123 e. The van der Waals surface area contributed by atoms with Crippen molar-refractivity contribution in [2.45, 2.75) is 31.8 Å². The van der Waals surface area contributed by atoms with Gasteiger partial charge in [-0.25, -0.2) is 4.39 Å². The zero-order valence-corrected chi connectivity index (χ0v) is 10.7. The number of nitrogens with zero attached hydrogens (tertiary/aromatic N) is 1. The van der Waals surface area contributed by atoms with Crippen LogP contribution in [-0.2, 0) is 6.54 Å². The van der Waals surface area contributed by atoms with E-state index in [-0.39, 0.29) is 11.4 Å². The maximum absolute atomic E-state index is 12.8. The van der Waals surface area contributed by atoms with Gasteiger partial charge in [-0.15, -0.1) is 0 Å². The predicted octanol–water partition coefficient (Wildman–Crippen LogP) is 2.40. The van der Waals surface area contributed by atoms with Crippen LogP contribution in [0.5, 0.6) is 0 Å². The molecule has 0 radical (unpaired) electrons. The fourth-order valence-corrected chi connectivity index (χ4v) is 2.21. The highest BCUT2D eigenvalue weighted by molar-refractivity contribution is 5.16. The Bertz CT molecular complexity index is 353. The molecule has 1 aliphatic heterocycles. The molecule has 1 aromatic carbocycles.